The normalized spacial score (nSPS) is 17.4. The minimum Gasteiger partial charge on any atom is -0.494 e. The van der Waals surface area contributed by atoms with Gasteiger partial charge in [0, 0.05) is 13.0 Å². The summed E-state index contributed by atoms with van der Waals surface area (Å²) in [5, 5.41) is 5.52. The van der Waals surface area contributed by atoms with Gasteiger partial charge in [0.2, 0.25) is 11.8 Å². The van der Waals surface area contributed by atoms with Crippen molar-refractivity contribution in [3.63, 3.8) is 0 Å². The molecule has 0 radical (unpaired) electrons. The Morgan fingerprint density at radius 2 is 2.14 bits per heavy atom. The van der Waals surface area contributed by atoms with Gasteiger partial charge in [-0.1, -0.05) is 19.1 Å². The average molecular weight is 290 g/mol. The molecule has 1 atom stereocenters. The topological polar surface area (TPSA) is 67.4 Å². The van der Waals surface area contributed by atoms with Crippen LogP contribution >= 0.6 is 0 Å². The van der Waals surface area contributed by atoms with Crippen LogP contribution in [0.2, 0.25) is 0 Å². The summed E-state index contributed by atoms with van der Waals surface area (Å²) in [6.07, 6.45) is 2.79. The fourth-order valence-electron chi connectivity index (χ4n) is 2.24. The van der Waals surface area contributed by atoms with Gasteiger partial charge in [0.1, 0.15) is 11.8 Å². The summed E-state index contributed by atoms with van der Waals surface area (Å²) in [5.74, 6) is 0.736. The van der Waals surface area contributed by atoms with Gasteiger partial charge in [0.05, 0.1) is 6.61 Å². The van der Waals surface area contributed by atoms with Crippen molar-refractivity contribution in [1.29, 1.82) is 0 Å². The van der Waals surface area contributed by atoms with Crippen LogP contribution in [0.5, 0.6) is 5.75 Å². The van der Waals surface area contributed by atoms with Crippen LogP contribution in [-0.4, -0.2) is 31.0 Å². The van der Waals surface area contributed by atoms with E-state index >= 15 is 0 Å². The average Bonchev–Trinajstić information content (AvgIpc) is 2.93. The summed E-state index contributed by atoms with van der Waals surface area (Å²) >= 11 is 0. The second kappa shape index (κ2) is 7.67. The lowest BCUT2D eigenvalue weighted by Gasteiger charge is -2.11. The Hall–Kier alpha value is -2.04. The first-order valence-electron chi connectivity index (χ1n) is 7.48. The summed E-state index contributed by atoms with van der Waals surface area (Å²) in [7, 11) is 0. The van der Waals surface area contributed by atoms with Gasteiger partial charge in [-0.15, -0.1) is 0 Å². The van der Waals surface area contributed by atoms with E-state index in [0.29, 0.717) is 19.4 Å². The predicted octanol–water partition coefficient (Wildman–Crippen LogP) is 1.41. The molecular weight excluding hydrogens is 268 g/mol. The molecule has 2 N–H and O–H groups in total. The van der Waals surface area contributed by atoms with Crippen molar-refractivity contribution in [3.8, 4) is 5.75 Å². The maximum absolute atomic E-state index is 11.8. The molecule has 1 saturated heterocycles. The van der Waals surface area contributed by atoms with E-state index in [2.05, 4.69) is 17.6 Å². The molecular formula is C16H22N2O3. The Morgan fingerprint density at radius 3 is 2.76 bits per heavy atom. The molecule has 5 heteroatoms. The molecule has 0 aromatic heterocycles. The zero-order valence-corrected chi connectivity index (χ0v) is 12.4. The lowest BCUT2D eigenvalue weighted by Crippen LogP contribution is -2.42. The van der Waals surface area contributed by atoms with Crippen LogP contribution in [0.15, 0.2) is 24.3 Å². The maximum Gasteiger partial charge on any atom is 0.242 e. The number of amides is 2. The number of hydrogen-bond donors (Lipinski definition) is 2. The van der Waals surface area contributed by atoms with E-state index < -0.39 is 0 Å². The summed E-state index contributed by atoms with van der Waals surface area (Å²) < 4.78 is 5.52. The molecule has 0 bridgehead atoms. The molecule has 5 nitrogen and oxygen atoms in total. The lowest BCUT2D eigenvalue weighted by atomic mass is 10.1. The van der Waals surface area contributed by atoms with E-state index in [1.54, 1.807) is 0 Å². The fraction of sp³-hybridized carbons (Fsp3) is 0.500. The molecule has 1 unspecified atom stereocenters. The van der Waals surface area contributed by atoms with E-state index in [1.807, 2.05) is 24.3 Å². The van der Waals surface area contributed by atoms with Crippen molar-refractivity contribution in [3.05, 3.63) is 29.8 Å². The van der Waals surface area contributed by atoms with E-state index in [-0.39, 0.29) is 17.9 Å². The fourth-order valence-corrected chi connectivity index (χ4v) is 2.24. The highest BCUT2D eigenvalue weighted by Crippen LogP contribution is 2.12. The van der Waals surface area contributed by atoms with Gasteiger partial charge in [-0.25, -0.2) is 0 Å². The second-order valence-electron chi connectivity index (χ2n) is 5.19. The predicted molar refractivity (Wildman–Crippen MR) is 80.1 cm³/mol. The van der Waals surface area contributed by atoms with Crippen LogP contribution in [0.4, 0.5) is 0 Å². The lowest BCUT2D eigenvalue weighted by molar-refractivity contribution is -0.125. The van der Waals surface area contributed by atoms with Gasteiger partial charge in [-0.3, -0.25) is 9.59 Å². The Bertz CT molecular complexity index is 485. The number of benzene rings is 1. The highest BCUT2D eigenvalue weighted by molar-refractivity contribution is 5.90. The van der Waals surface area contributed by atoms with Crippen molar-refractivity contribution < 1.29 is 14.3 Å². The number of nitrogens with one attached hydrogen (secondary N) is 2. The van der Waals surface area contributed by atoms with Crippen molar-refractivity contribution in [2.24, 2.45) is 0 Å². The molecule has 114 valence electrons. The van der Waals surface area contributed by atoms with Crippen LogP contribution in [0.1, 0.15) is 31.7 Å². The highest BCUT2D eigenvalue weighted by atomic mass is 16.5. The van der Waals surface area contributed by atoms with Gasteiger partial charge in [0.25, 0.3) is 0 Å². The quantitative estimate of drug-likeness (QED) is 0.798. The van der Waals surface area contributed by atoms with Gasteiger partial charge in [0.15, 0.2) is 0 Å². The van der Waals surface area contributed by atoms with Gasteiger partial charge in [-0.05, 0) is 37.0 Å². The second-order valence-corrected chi connectivity index (χ2v) is 5.19. The first-order valence-corrected chi connectivity index (χ1v) is 7.48. The monoisotopic (exact) mass is 290 g/mol. The molecule has 2 rings (SSSR count). The van der Waals surface area contributed by atoms with Crippen molar-refractivity contribution in [2.75, 3.05) is 13.2 Å². The number of carbonyl (C=O) groups is 2. The first kappa shape index (κ1) is 15.4. The molecule has 0 aliphatic carbocycles. The molecule has 1 aromatic carbocycles. The van der Waals surface area contributed by atoms with Crippen molar-refractivity contribution in [2.45, 2.75) is 38.6 Å². The number of rotatable bonds is 7. The van der Waals surface area contributed by atoms with Crippen LogP contribution in [0.3, 0.4) is 0 Å². The Labute approximate surface area is 125 Å². The summed E-state index contributed by atoms with van der Waals surface area (Å²) in [5.41, 5.74) is 1.15. The third kappa shape index (κ3) is 4.77. The first-order chi connectivity index (χ1) is 10.2. The third-order valence-electron chi connectivity index (χ3n) is 3.42. The van der Waals surface area contributed by atoms with Gasteiger partial charge < -0.3 is 15.4 Å². The highest BCUT2D eigenvalue weighted by Gasteiger charge is 2.26. The van der Waals surface area contributed by atoms with E-state index in [1.165, 1.54) is 0 Å². The number of ether oxygens (including phenoxy) is 1. The summed E-state index contributed by atoms with van der Waals surface area (Å²) in [4.78, 5) is 22.9. The molecule has 0 spiro atoms. The molecule has 1 aliphatic heterocycles. The standard InChI is InChI=1S/C16H22N2O3/c1-2-11-21-13-5-3-12(4-6-13)9-10-17-16(20)14-7-8-15(19)18-14/h3-6,14H,2,7-11H2,1H3,(H,17,20)(H,18,19). The smallest absolute Gasteiger partial charge is 0.242 e. The molecule has 1 fully saturated rings. The Kier molecular flexibility index (Phi) is 5.60. The van der Waals surface area contributed by atoms with Crippen LogP contribution in [0, 0.1) is 0 Å². The SMILES string of the molecule is CCCOc1ccc(CCNC(=O)C2CCC(=O)N2)cc1. The number of carbonyl (C=O) groups excluding carboxylic acids is 2. The minimum absolute atomic E-state index is 0.0437. The summed E-state index contributed by atoms with van der Waals surface area (Å²) in [6, 6.07) is 7.55. The zero-order chi connectivity index (χ0) is 15.1. The van der Waals surface area contributed by atoms with Crippen molar-refractivity contribution in [1.82, 2.24) is 10.6 Å². The van der Waals surface area contributed by atoms with Crippen LogP contribution < -0.4 is 15.4 Å². The number of hydrogen-bond acceptors (Lipinski definition) is 3. The van der Waals surface area contributed by atoms with E-state index in [0.717, 1.165) is 30.8 Å². The molecule has 1 heterocycles. The molecule has 1 aromatic rings. The van der Waals surface area contributed by atoms with E-state index in [9.17, 15) is 9.59 Å². The van der Waals surface area contributed by atoms with E-state index in [4.69, 9.17) is 4.74 Å². The molecule has 1 aliphatic rings. The Morgan fingerprint density at radius 1 is 1.38 bits per heavy atom. The summed E-state index contributed by atoms with van der Waals surface area (Å²) in [6.45, 7) is 3.37. The maximum atomic E-state index is 11.8. The van der Waals surface area contributed by atoms with Crippen molar-refractivity contribution >= 4 is 11.8 Å². The minimum atomic E-state index is -0.359. The molecule has 21 heavy (non-hydrogen) atoms. The van der Waals surface area contributed by atoms with Gasteiger partial charge >= 0.3 is 0 Å². The third-order valence-corrected chi connectivity index (χ3v) is 3.42. The molecule has 2 amide bonds. The Balaban J connectivity index is 1.70. The largest absolute Gasteiger partial charge is 0.494 e. The zero-order valence-electron chi connectivity index (χ0n) is 12.4. The van der Waals surface area contributed by atoms with Crippen LogP contribution in [-0.2, 0) is 16.0 Å². The van der Waals surface area contributed by atoms with Gasteiger partial charge in [-0.2, -0.15) is 0 Å². The molecule has 0 saturated carbocycles. The van der Waals surface area contributed by atoms with Crippen LogP contribution in [0.25, 0.3) is 0 Å².